The highest BCUT2D eigenvalue weighted by atomic mass is 32.1. The maximum atomic E-state index is 13.5. The zero-order valence-corrected chi connectivity index (χ0v) is 20.2. The number of anilines is 2. The Hall–Kier alpha value is -3.45. The van der Waals surface area contributed by atoms with Crippen LogP contribution in [0.2, 0.25) is 0 Å². The fraction of sp³-hybridized carbons (Fsp3) is 0.360. The minimum Gasteiger partial charge on any atom is -0.349 e. The van der Waals surface area contributed by atoms with Gasteiger partial charge in [0, 0.05) is 39.2 Å². The highest BCUT2D eigenvalue weighted by molar-refractivity contribution is 7.81. The molecule has 0 bridgehead atoms. The Bertz CT molecular complexity index is 1160. The number of nitrogens with zero attached hydrogens (tertiary/aromatic N) is 4. The number of alkyl halides is 3. The lowest BCUT2D eigenvalue weighted by Crippen LogP contribution is -2.44. The summed E-state index contributed by atoms with van der Waals surface area (Å²) >= 11 is 5.57. The molecule has 0 aliphatic carbocycles. The summed E-state index contributed by atoms with van der Waals surface area (Å²) in [5, 5.41) is 9.15. The van der Waals surface area contributed by atoms with Crippen LogP contribution in [-0.2, 0) is 22.2 Å². The molecule has 2 amide bonds. The standard InChI is InChI=1S/C25H25F3N4O2S/c1-30(2)22(33)6-3-5-17-8-11-19(12-9-17)31-14-4-7-23(34)32(24(31)35)20-13-10-18(16-29)21(15-20)25(26,27)28/h8-13,15H,3-7,14H2,1-2H3. The normalized spacial score (nSPS) is 14.5. The van der Waals surface area contributed by atoms with Gasteiger partial charge in [-0.15, -0.1) is 0 Å². The van der Waals surface area contributed by atoms with E-state index in [0.717, 1.165) is 29.0 Å². The van der Waals surface area contributed by atoms with Crippen LogP contribution >= 0.6 is 12.2 Å². The van der Waals surface area contributed by atoms with Crippen molar-refractivity contribution in [3.8, 4) is 6.07 Å². The van der Waals surface area contributed by atoms with E-state index in [1.807, 2.05) is 24.3 Å². The smallest absolute Gasteiger partial charge is 0.349 e. The van der Waals surface area contributed by atoms with Crippen LogP contribution in [0.15, 0.2) is 42.5 Å². The van der Waals surface area contributed by atoms with Crippen LogP contribution < -0.4 is 9.80 Å². The molecule has 2 aromatic carbocycles. The highest BCUT2D eigenvalue weighted by Gasteiger charge is 2.36. The predicted molar refractivity (Wildman–Crippen MR) is 131 cm³/mol. The third-order valence-corrected chi connectivity index (χ3v) is 6.14. The summed E-state index contributed by atoms with van der Waals surface area (Å²) in [5.41, 5.74) is 0.0963. The van der Waals surface area contributed by atoms with E-state index in [4.69, 9.17) is 17.5 Å². The summed E-state index contributed by atoms with van der Waals surface area (Å²) < 4.78 is 40.5. The second-order valence-electron chi connectivity index (χ2n) is 8.41. The van der Waals surface area contributed by atoms with Gasteiger partial charge in [0.15, 0.2) is 5.11 Å². The van der Waals surface area contributed by atoms with Crippen molar-refractivity contribution < 1.29 is 22.8 Å². The number of nitriles is 1. The van der Waals surface area contributed by atoms with Gasteiger partial charge in [-0.3, -0.25) is 14.5 Å². The summed E-state index contributed by atoms with van der Waals surface area (Å²) in [5.74, 6) is -0.338. The van der Waals surface area contributed by atoms with Gasteiger partial charge in [-0.1, -0.05) is 12.1 Å². The first-order valence-corrected chi connectivity index (χ1v) is 11.5. The molecule has 1 aliphatic heterocycles. The Morgan fingerprint density at radius 3 is 2.40 bits per heavy atom. The van der Waals surface area contributed by atoms with E-state index in [1.165, 1.54) is 6.07 Å². The monoisotopic (exact) mass is 502 g/mol. The first-order chi connectivity index (χ1) is 16.5. The lowest BCUT2D eigenvalue weighted by molar-refractivity contribution is -0.137. The fourth-order valence-electron chi connectivity index (χ4n) is 3.83. The summed E-state index contributed by atoms with van der Waals surface area (Å²) in [7, 11) is 3.44. The topological polar surface area (TPSA) is 67.7 Å². The van der Waals surface area contributed by atoms with E-state index in [-0.39, 0.29) is 23.1 Å². The van der Waals surface area contributed by atoms with Crippen molar-refractivity contribution in [1.82, 2.24) is 4.90 Å². The zero-order chi connectivity index (χ0) is 25.8. The predicted octanol–water partition coefficient (Wildman–Crippen LogP) is 4.91. The molecule has 1 aliphatic rings. The van der Waals surface area contributed by atoms with Crippen molar-refractivity contribution in [2.45, 2.75) is 38.3 Å². The molecule has 10 heteroatoms. The Morgan fingerprint density at radius 2 is 1.80 bits per heavy atom. The molecule has 2 aromatic rings. The fourth-order valence-corrected chi connectivity index (χ4v) is 4.23. The molecular formula is C25H25F3N4O2S. The maximum Gasteiger partial charge on any atom is 0.417 e. The van der Waals surface area contributed by atoms with Crippen molar-refractivity contribution >= 4 is 40.5 Å². The highest BCUT2D eigenvalue weighted by Crippen LogP contribution is 2.35. The lowest BCUT2D eigenvalue weighted by atomic mass is 10.1. The third kappa shape index (κ3) is 6.17. The molecule has 1 heterocycles. The molecule has 184 valence electrons. The first kappa shape index (κ1) is 26.2. The minimum absolute atomic E-state index is 0.0274. The van der Waals surface area contributed by atoms with E-state index in [9.17, 15) is 22.8 Å². The largest absolute Gasteiger partial charge is 0.417 e. The molecule has 0 unspecified atom stereocenters. The van der Waals surface area contributed by atoms with Gasteiger partial charge in [-0.2, -0.15) is 18.4 Å². The van der Waals surface area contributed by atoms with Crippen molar-refractivity contribution in [3.05, 3.63) is 59.2 Å². The molecule has 1 fully saturated rings. The van der Waals surface area contributed by atoms with Crippen LogP contribution in [0.1, 0.15) is 42.4 Å². The third-order valence-electron chi connectivity index (χ3n) is 5.73. The van der Waals surface area contributed by atoms with Crippen molar-refractivity contribution in [2.24, 2.45) is 0 Å². The summed E-state index contributed by atoms with van der Waals surface area (Å²) in [4.78, 5) is 29.0. The van der Waals surface area contributed by atoms with Gasteiger partial charge in [0.1, 0.15) is 0 Å². The second kappa shape index (κ2) is 10.9. The molecule has 0 atom stereocenters. The van der Waals surface area contributed by atoms with Crippen LogP contribution in [0.5, 0.6) is 0 Å². The van der Waals surface area contributed by atoms with Crippen LogP contribution in [0, 0.1) is 11.3 Å². The first-order valence-electron chi connectivity index (χ1n) is 11.1. The number of rotatable bonds is 6. The quantitative estimate of drug-likeness (QED) is 0.526. The van der Waals surface area contributed by atoms with E-state index < -0.39 is 23.2 Å². The Morgan fingerprint density at radius 1 is 1.14 bits per heavy atom. The molecule has 3 rings (SSSR count). The maximum absolute atomic E-state index is 13.5. The summed E-state index contributed by atoms with van der Waals surface area (Å²) in [6.45, 7) is 0.431. The number of carbonyl (C=O) groups excluding carboxylic acids is 2. The number of hydrogen-bond acceptors (Lipinski definition) is 4. The number of thiocarbonyl (C=S) groups is 1. The van der Waals surface area contributed by atoms with E-state index in [0.29, 0.717) is 31.5 Å². The van der Waals surface area contributed by atoms with Crippen molar-refractivity contribution in [1.29, 1.82) is 5.26 Å². The Balaban J connectivity index is 1.83. The summed E-state index contributed by atoms with van der Waals surface area (Å²) in [6.07, 6.45) is -2.26. The summed E-state index contributed by atoms with van der Waals surface area (Å²) in [6, 6.07) is 12.2. The van der Waals surface area contributed by atoms with Crippen LogP contribution in [-0.4, -0.2) is 42.5 Å². The van der Waals surface area contributed by atoms with Crippen LogP contribution in [0.3, 0.4) is 0 Å². The van der Waals surface area contributed by atoms with Gasteiger partial charge < -0.3 is 9.80 Å². The van der Waals surface area contributed by atoms with Crippen molar-refractivity contribution in [3.63, 3.8) is 0 Å². The molecule has 6 nitrogen and oxygen atoms in total. The Kier molecular flexibility index (Phi) is 8.12. The molecule has 0 N–H and O–H groups in total. The SMILES string of the molecule is CN(C)C(=O)CCCc1ccc(N2CCCC(=O)N(c3ccc(C#N)c(C(F)(F)F)c3)C2=S)cc1. The Labute approximate surface area is 207 Å². The zero-order valence-electron chi connectivity index (χ0n) is 19.4. The number of aryl methyl sites for hydroxylation is 1. The molecule has 0 radical (unpaired) electrons. The number of hydrogen-bond donors (Lipinski definition) is 0. The number of halogens is 3. The van der Waals surface area contributed by atoms with Crippen LogP contribution in [0.4, 0.5) is 24.5 Å². The number of benzene rings is 2. The number of amides is 2. The van der Waals surface area contributed by atoms with E-state index in [2.05, 4.69) is 0 Å². The molecule has 0 aromatic heterocycles. The van der Waals surface area contributed by atoms with E-state index in [1.54, 1.807) is 30.0 Å². The minimum atomic E-state index is -4.75. The van der Waals surface area contributed by atoms with Gasteiger partial charge in [0.25, 0.3) is 0 Å². The van der Waals surface area contributed by atoms with Crippen molar-refractivity contribution in [2.75, 3.05) is 30.4 Å². The van der Waals surface area contributed by atoms with Gasteiger partial charge in [-0.25, -0.2) is 0 Å². The average Bonchev–Trinajstić information content (AvgIpc) is 2.96. The van der Waals surface area contributed by atoms with Crippen LogP contribution in [0.25, 0.3) is 0 Å². The van der Waals surface area contributed by atoms with Gasteiger partial charge in [0.2, 0.25) is 11.8 Å². The number of carbonyl (C=O) groups is 2. The van der Waals surface area contributed by atoms with Gasteiger partial charge >= 0.3 is 6.18 Å². The van der Waals surface area contributed by atoms with Gasteiger partial charge in [-0.05, 0) is 67.4 Å². The van der Waals surface area contributed by atoms with E-state index >= 15 is 0 Å². The second-order valence-corrected chi connectivity index (χ2v) is 8.78. The molecule has 35 heavy (non-hydrogen) atoms. The average molecular weight is 503 g/mol. The van der Waals surface area contributed by atoms with Gasteiger partial charge in [0.05, 0.1) is 22.9 Å². The lowest BCUT2D eigenvalue weighted by Gasteiger charge is -2.30. The molecular weight excluding hydrogens is 477 g/mol. The molecule has 0 spiro atoms. The molecule has 0 saturated carbocycles. The molecule has 1 saturated heterocycles.